The van der Waals surface area contributed by atoms with Gasteiger partial charge in [-0.25, -0.2) is 0 Å². The molecule has 4 amide bonds. The molecule has 4 aliphatic rings. The van der Waals surface area contributed by atoms with Crippen LogP contribution in [0.2, 0.25) is 0 Å². The normalized spacial score (nSPS) is 32.2. The molecule has 3 aromatic carbocycles. The highest BCUT2D eigenvalue weighted by molar-refractivity contribution is 9.09. The van der Waals surface area contributed by atoms with Gasteiger partial charge in [0.15, 0.2) is 9.75 Å². The van der Waals surface area contributed by atoms with E-state index in [1.165, 1.54) is 4.90 Å². The number of carbonyl (C=O) groups excluding carboxylic acids is 4. The van der Waals surface area contributed by atoms with E-state index in [-0.39, 0.29) is 42.4 Å². The van der Waals surface area contributed by atoms with E-state index in [9.17, 15) is 24.3 Å². The second kappa shape index (κ2) is 9.66. The molecule has 2 saturated heterocycles. The van der Waals surface area contributed by atoms with E-state index < -0.39 is 45.2 Å². The third kappa shape index (κ3) is 3.52. The highest BCUT2D eigenvalue weighted by Crippen LogP contribution is 2.66. The predicted molar refractivity (Wildman–Crippen MR) is 161 cm³/mol. The Morgan fingerprint density at radius 3 is 2.31 bits per heavy atom. The SMILES string of the molecule is O=C1C2CC=C3C(CC4(Cl)C(=O)N(CBr)C(=O)C4(Cl)C3c3ccc4ccccc4c3O)C2C(=O)N1Cc1ccccc1. The number of imide groups is 2. The average molecular weight is 668 g/mol. The molecule has 2 heterocycles. The highest BCUT2D eigenvalue weighted by Gasteiger charge is 2.76. The molecule has 2 aliphatic heterocycles. The van der Waals surface area contributed by atoms with Gasteiger partial charge in [-0.3, -0.25) is 29.0 Å². The first-order valence-corrected chi connectivity index (χ1v) is 15.6. The summed E-state index contributed by atoms with van der Waals surface area (Å²) in [6.07, 6.45) is 2.05. The van der Waals surface area contributed by atoms with Crippen LogP contribution in [0, 0.1) is 17.8 Å². The number of phenols is 1. The lowest BCUT2D eigenvalue weighted by Crippen LogP contribution is -2.60. The number of hydrogen-bond donors (Lipinski definition) is 1. The second-order valence-electron chi connectivity index (χ2n) is 11.5. The van der Waals surface area contributed by atoms with E-state index in [4.69, 9.17) is 23.2 Å². The summed E-state index contributed by atoms with van der Waals surface area (Å²) in [6, 6.07) is 20.1. The van der Waals surface area contributed by atoms with Crippen LogP contribution in [0.4, 0.5) is 0 Å². The van der Waals surface area contributed by atoms with Crippen molar-refractivity contribution in [3.8, 4) is 5.75 Å². The molecule has 7 rings (SSSR count). The molecule has 0 radical (unpaired) electrons. The van der Waals surface area contributed by atoms with Crippen molar-refractivity contribution in [1.82, 2.24) is 9.80 Å². The van der Waals surface area contributed by atoms with Crippen molar-refractivity contribution in [2.45, 2.75) is 35.1 Å². The maximum absolute atomic E-state index is 14.0. The molecular formula is C32H25BrCl2N2O5. The molecule has 3 fully saturated rings. The Hall–Kier alpha value is -3.20. The number of fused-ring (bicyclic) bond motifs is 5. The summed E-state index contributed by atoms with van der Waals surface area (Å²) in [5.74, 6) is -5.06. The minimum atomic E-state index is -1.97. The molecular weight excluding hydrogens is 643 g/mol. The Kier molecular flexibility index (Phi) is 6.35. The number of amides is 4. The fourth-order valence-electron chi connectivity index (χ4n) is 7.59. The zero-order valence-corrected chi connectivity index (χ0v) is 25.3. The monoisotopic (exact) mass is 666 g/mol. The van der Waals surface area contributed by atoms with Crippen molar-refractivity contribution in [3.05, 3.63) is 89.5 Å². The van der Waals surface area contributed by atoms with Gasteiger partial charge in [0.25, 0.3) is 11.8 Å². The lowest BCUT2D eigenvalue weighted by Gasteiger charge is -2.50. The van der Waals surface area contributed by atoms with E-state index in [1.54, 1.807) is 18.2 Å². The first-order valence-electron chi connectivity index (χ1n) is 13.7. The minimum absolute atomic E-state index is 0.0714. The van der Waals surface area contributed by atoms with Gasteiger partial charge in [-0.2, -0.15) is 0 Å². The van der Waals surface area contributed by atoms with Gasteiger partial charge in [-0.1, -0.05) is 94.3 Å². The van der Waals surface area contributed by atoms with Gasteiger partial charge in [-0.15, -0.1) is 23.2 Å². The van der Waals surface area contributed by atoms with Crippen molar-refractivity contribution in [1.29, 1.82) is 0 Å². The standard InChI is InChI=1S/C32H25BrCl2N2O5/c33-16-37-29(41)31(34)14-23-20(12-13-21-24(23)28(40)36(27(21)39)15-17-6-2-1-3-7-17)25(32(31,35)30(37)42)22-11-10-18-8-4-5-9-19(18)26(22)38/h1-12,21,23-25,38H,13-16H2. The van der Waals surface area contributed by atoms with Crippen LogP contribution < -0.4 is 0 Å². The van der Waals surface area contributed by atoms with Gasteiger partial charge in [-0.05, 0) is 29.7 Å². The van der Waals surface area contributed by atoms with Crippen molar-refractivity contribution in [2.24, 2.45) is 17.8 Å². The maximum Gasteiger partial charge on any atom is 0.254 e. The Balaban J connectivity index is 1.39. The van der Waals surface area contributed by atoms with Crippen molar-refractivity contribution >= 4 is 73.5 Å². The number of allylic oxidation sites excluding steroid dienone is 2. The highest BCUT2D eigenvalue weighted by atomic mass is 79.9. The zero-order chi connectivity index (χ0) is 29.6. The van der Waals surface area contributed by atoms with Crippen LogP contribution in [0.25, 0.3) is 10.8 Å². The molecule has 2 aliphatic carbocycles. The molecule has 7 nitrogen and oxygen atoms in total. The molecule has 1 saturated carbocycles. The molecule has 42 heavy (non-hydrogen) atoms. The quantitative estimate of drug-likeness (QED) is 0.173. The van der Waals surface area contributed by atoms with Crippen LogP contribution in [0.3, 0.4) is 0 Å². The minimum Gasteiger partial charge on any atom is -0.507 e. The number of phenolic OH excluding ortho intramolecular Hbond substituents is 1. The first kappa shape index (κ1) is 27.6. The second-order valence-corrected chi connectivity index (χ2v) is 13.2. The summed E-state index contributed by atoms with van der Waals surface area (Å²) in [7, 11) is 0. The Morgan fingerprint density at radius 2 is 1.57 bits per heavy atom. The summed E-state index contributed by atoms with van der Waals surface area (Å²) in [5.41, 5.74) is 1.71. The van der Waals surface area contributed by atoms with Crippen LogP contribution >= 0.6 is 39.1 Å². The number of hydrogen-bond acceptors (Lipinski definition) is 5. The third-order valence-electron chi connectivity index (χ3n) is 9.53. The number of benzene rings is 3. The third-order valence-corrected chi connectivity index (χ3v) is 11.4. The molecule has 214 valence electrons. The number of rotatable bonds is 4. The van der Waals surface area contributed by atoms with Gasteiger partial charge in [0.05, 0.1) is 23.8 Å². The largest absolute Gasteiger partial charge is 0.507 e. The smallest absolute Gasteiger partial charge is 0.254 e. The van der Waals surface area contributed by atoms with Crippen LogP contribution in [0.1, 0.15) is 29.9 Å². The van der Waals surface area contributed by atoms with Gasteiger partial charge < -0.3 is 5.11 Å². The predicted octanol–water partition coefficient (Wildman–Crippen LogP) is 5.46. The molecule has 3 aromatic rings. The zero-order valence-electron chi connectivity index (χ0n) is 22.2. The van der Waals surface area contributed by atoms with Gasteiger partial charge in [0.2, 0.25) is 11.8 Å². The van der Waals surface area contributed by atoms with E-state index >= 15 is 0 Å². The topological polar surface area (TPSA) is 95.0 Å². The van der Waals surface area contributed by atoms with Crippen LogP contribution in [-0.4, -0.2) is 53.7 Å². The molecule has 6 unspecified atom stereocenters. The molecule has 0 aromatic heterocycles. The fourth-order valence-corrected chi connectivity index (χ4v) is 9.01. The Labute approximate surface area is 260 Å². The lowest BCUT2D eigenvalue weighted by molar-refractivity contribution is -0.141. The average Bonchev–Trinajstić information content (AvgIpc) is 3.32. The Morgan fingerprint density at radius 1 is 0.857 bits per heavy atom. The van der Waals surface area contributed by atoms with Crippen LogP contribution in [0.15, 0.2) is 78.4 Å². The Bertz CT molecular complexity index is 1730. The molecule has 1 N–H and O–H groups in total. The van der Waals surface area contributed by atoms with Gasteiger partial charge in [0.1, 0.15) is 5.75 Å². The molecule has 10 heteroatoms. The number of likely N-dealkylation sites (tertiary alicyclic amines) is 2. The summed E-state index contributed by atoms with van der Waals surface area (Å²) in [6.45, 7) is 0.142. The molecule has 0 spiro atoms. The number of aromatic hydroxyl groups is 1. The number of nitrogens with zero attached hydrogens (tertiary/aromatic N) is 2. The van der Waals surface area contributed by atoms with E-state index in [1.807, 2.05) is 54.6 Å². The van der Waals surface area contributed by atoms with Crippen molar-refractivity contribution in [3.63, 3.8) is 0 Å². The van der Waals surface area contributed by atoms with E-state index in [2.05, 4.69) is 15.9 Å². The number of alkyl halides is 3. The van der Waals surface area contributed by atoms with Crippen molar-refractivity contribution in [2.75, 3.05) is 5.45 Å². The first-order chi connectivity index (χ1) is 20.1. The van der Waals surface area contributed by atoms with Gasteiger partial charge >= 0.3 is 0 Å². The van der Waals surface area contributed by atoms with E-state index in [0.29, 0.717) is 16.5 Å². The maximum atomic E-state index is 14.0. The molecule has 6 atom stereocenters. The van der Waals surface area contributed by atoms with Crippen LogP contribution in [0.5, 0.6) is 5.75 Å². The summed E-state index contributed by atoms with van der Waals surface area (Å²) < 4.78 is 0. The van der Waals surface area contributed by atoms with Crippen LogP contribution in [-0.2, 0) is 25.7 Å². The van der Waals surface area contributed by atoms with Gasteiger partial charge in [0, 0.05) is 16.9 Å². The summed E-state index contributed by atoms with van der Waals surface area (Å²) in [5, 5.41) is 12.9. The summed E-state index contributed by atoms with van der Waals surface area (Å²) in [4.78, 5) is 53.8. The number of carbonyl (C=O) groups is 4. The lowest BCUT2D eigenvalue weighted by atomic mass is 9.56. The van der Waals surface area contributed by atoms with Crippen molar-refractivity contribution < 1.29 is 24.3 Å². The number of halogens is 3. The molecule has 0 bridgehead atoms. The van der Waals surface area contributed by atoms with E-state index in [0.717, 1.165) is 15.8 Å². The fraction of sp³-hybridized carbons (Fsp3) is 0.312. The summed E-state index contributed by atoms with van der Waals surface area (Å²) >= 11 is 17.8.